The minimum atomic E-state index is -0.470. The minimum Gasteiger partial charge on any atom is -0.484 e. The van der Waals surface area contributed by atoms with Gasteiger partial charge in [-0.25, -0.2) is 0 Å². The van der Waals surface area contributed by atoms with E-state index < -0.39 is 6.10 Å². The average molecular weight is 248 g/mol. The molecule has 1 N–H and O–H groups in total. The number of rotatable bonds is 5. The molecule has 5 nitrogen and oxygen atoms in total. The van der Waals surface area contributed by atoms with Crippen LogP contribution in [0.4, 0.5) is 0 Å². The molecular weight excluding hydrogens is 232 g/mol. The summed E-state index contributed by atoms with van der Waals surface area (Å²) < 4.78 is 10.5. The first kappa shape index (κ1) is 12.6. The van der Waals surface area contributed by atoms with Crippen LogP contribution in [0.1, 0.15) is 37.2 Å². The van der Waals surface area contributed by atoms with E-state index in [-0.39, 0.29) is 6.61 Å². The Kier molecular flexibility index (Phi) is 3.94. The van der Waals surface area contributed by atoms with E-state index in [0.717, 1.165) is 12.0 Å². The minimum absolute atomic E-state index is 0.251. The van der Waals surface area contributed by atoms with Crippen LogP contribution in [-0.4, -0.2) is 15.2 Å². The second kappa shape index (κ2) is 5.64. The van der Waals surface area contributed by atoms with Crippen LogP contribution >= 0.6 is 0 Å². The predicted molar refractivity (Wildman–Crippen MR) is 65.1 cm³/mol. The lowest BCUT2D eigenvalue weighted by molar-refractivity contribution is 0.199. The molecule has 2 rings (SSSR count). The van der Waals surface area contributed by atoms with Gasteiger partial charge in [-0.15, -0.1) is 0 Å². The van der Waals surface area contributed by atoms with E-state index in [9.17, 15) is 5.11 Å². The molecule has 0 aliphatic carbocycles. The lowest BCUT2D eigenvalue weighted by Gasteiger charge is -2.06. The summed E-state index contributed by atoms with van der Waals surface area (Å²) in [6.07, 6.45) is 0.272. The fourth-order valence-electron chi connectivity index (χ4n) is 1.48. The summed E-state index contributed by atoms with van der Waals surface area (Å²) in [5, 5.41) is 13.2. The lowest BCUT2D eigenvalue weighted by atomic mass is 10.1. The van der Waals surface area contributed by atoms with Crippen LogP contribution in [0.2, 0.25) is 0 Å². The van der Waals surface area contributed by atoms with Crippen LogP contribution in [0.15, 0.2) is 28.8 Å². The van der Waals surface area contributed by atoms with E-state index >= 15 is 0 Å². The van der Waals surface area contributed by atoms with Gasteiger partial charge >= 0.3 is 0 Å². The predicted octanol–water partition coefficient (Wildman–Crippen LogP) is 2.26. The smallest absolute Gasteiger partial charge is 0.264 e. The van der Waals surface area contributed by atoms with Gasteiger partial charge in [0.2, 0.25) is 0 Å². The molecule has 0 radical (unpaired) electrons. The number of aryl methyl sites for hydroxylation is 1. The number of hydrogen-bond donors (Lipinski definition) is 1. The molecular formula is C13H16N2O3. The molecule has 0 spiro atoms. The van der Waals surface area contributed by atoms with Crippen molar-refractivity contribution in [1.29, 1.82) is 0 Å². The molecule has 0 amide bonds. The zero-order valence-corrected chi connectivity index (χ0v) is 10.5. The molecule has 5 heteroatoms. The van der Waals surface area contributed by atoms with Crippen molar-refractivity contribution in [3.8, 4) is 5.75 Å². The summed E-state index contributed by atoms with van der Waals surface area (Å²) in [5.41, 5.74) is 0.855. The van der Waals surface area contributed by atoms with Crippen molar-refractivity contribution in [1.82, 2.24) is 10.1 Å². The summed E-state index contributed by atoms with van der Waals surface area (Å²) in [7, 11) is 0. The van der Waals surface area contributed by atoms with Crippen molar-refractivity contribution in [3.63, 3.8) is 0 Å². The average Bonchev–Trinajstić information content (AvgIpc) is 2.85. The number of hydrogen-bond acceptors (Lipinski definition) is 5. The fourth-order valence-corrected chi connectivity index (χ4v) is 1.48. The van der Waals surface area contributed by atoms with E-state index in [2.05, 4.69) is 10.1 Å². The molecule has 18 heavy (non-hydrogen) atoms. The van der Waals surface area contributed by atoms with Crippen molar-refractivity contribution < 1.29 is 14.4 Å². The van der Waals surface area contributed by atoms with Gasteiger partial charge in [0.05, 0.1) is 6.10 Å². The van der Waals surface area contributed by atoms with Gasteiger partial charge in [-0.2, -0.15) is 4.98 Å². The van der Waals surface area contributed by atoms with Crippen molar-refractivity contribution >= 4 is 0 Å². The van der Waals surface area contributed by atoms with Crippen LogP contribution in [0, 0.1) is 0 Å². The van der Waals surface area contributed by atoms with Crippen molar-refractivity contribution in [2.24, 2.45) is 0 Å². The molecule has 2 aromatic rings. The molecule has 0 aliphatic heterocycles. The molecule has 1 aromatic carbocycles. The highest BCUT2D eigenvalue weighted by molar-refractivity contribution is 5.28. The molecule has 96 valence electrons. The highest BCUT2D eigenvalue weighted by Gasteiger charge is 2.06. The number of aliphatic hydroxyl groups is 1. The van der Waals surface area contributed by atoms with Gasteiger partial charge in [-0.3, -0.25) is 0 Å². The quantitative estimate of drug-likeness (QED) is 0.879. The van der Waals surface area contributed by atoms with E-state index in [1.165, 1.54) is 0 Å². The molecule has 0 unspecified atom stereocenters. The summed E-state index contributed by atoms with van der Waals surface area (Å²) in [5.74, 6) is 1.85. The fraction of sp³-hybridized carbons (Fsp3) is 0.385. The Morgan fingerprint density at radius 3 is 2.61 bits per heavy atom. The van der Waals surface area contributed by atoms with E-state index in [1.807, 2.05) is 19.1 Å². The largest absolute Gasteiger partial charge is 0.484 e. The van der Waals surface area contributed by atoms with Crippen LogP contribution in [0.5, 0.6) is 5.75 Å². The number of ether oxygens (including phenoxy) is 1. The second-order valence-electron chi connectivity index (χ2n) is 3.99. The normalized spacial score (nSPS) is 12.4. The van der Waals surface area contributed by atoms with Crippen LogP contribution in [-0.2, 0) is 13.0 Å². The third kappa shape index (κ3) is 3.07. The highest BCUT2D eigenvalue weighted by atomic mass is 16.5. The lowest BCUT2D eigenvalue weighted by Crippen LogP contribution is -1.97. The van der Waals surface area contributed by atoms with Crippen LogP contribution in [0.3, 0.4) is 0 Å². The molecule has 0 saturated heterocycles. The van der Waals surface area contributed by atoms with Crippen molar-refractivity contribution in [2.75, 3.05) is 0 Å². The Hall–Kier alpha value is -1.88. The summed E-state index contributed by atoms with van der Waals surface area (Å²) in [6, 6.07) is 7.26. The van der Waals surface area contributed by atoms with E-state index in [4.69, 9.17) is 9.26 Å². The topological polar surface area (TPSA) is 68.4 Å². The van der Waals surface area contributed by atoms with Crippen LogP contribution < -0.4 is 4.74 Å². The van der Waals surface area contributed by atoms with Gasteiger partial charge in [-0.1, -0.05) is 24.2 Å². The van der Waals surface area contributed by atoms with Gasteiger partial charge in [-0.05, 0) is 24.6 Å². The molecule has 1 heterocycles. The van der Waals surface area contributed by atoms with Crippen LogP contribution in [0.25, 0.3) is 0 Å². The SMILES string of the molecule is CCc1noc(COc2ccc([C@@H](C)O)cc2)n1. The maximum atomic E-state index is 9.38. The van der Waals surface area contributed by atoms with Gasteiger partial charge in [0.1, 0.15) is 5.75 Å². The first-order chi connectivity index (χ1) is 8.69. The standard InChI is InChI=1S/C13H16N2O3/c1-3-12-14-13(18-15-12)8-17-11-6-4-10(5-7-11)9(2)16/h4-7,9,16H,3,8H2,1-2H3/t9-/m1/s1. The Balaban J connectivity index is 1.93. The van der Waals surface area contributed by atoms with Gasteiger partial charge in [0.15, 0.2) is 12.4 Å². The Labute approximate surface area is 105 Å². The Morgan fingerprint density at radius 1 is 1.33 bits per heavy atom. The van der Waals surface area contributed by atoms with E-state index in [0.29, 0.717) is 17.5 Å². The maximum Gasteiger partial charge on any atom is 0.264 e. The number of nitrogens with zero attached hydrogens (tertiary/aromatic N) is 2. The van der Waals surface area contributed by atoms with Gasteiger partial charge < -0.3 is 14.4 Å². The number of aromatic nitrogens is 2. The highest BCUT2D eigenvalue weighted by Crippen LogP contribution is 2.18. The first-order valence-electron chi connectivity index (χ1n) is 5.91. The molecule has 1 aromatic heterocycles. The molecule has 0 saturated carbocycles. The van der Waals surface area contributed by atoms with Crippen molar-refractivity contribution in [3.05, 3.63) is 41.5 Å². The molecule has 0 aliphatic rings. The second-order valence-corrected chi connectivity index (χ2v) is 3.99. The third-order valence-electron chi connectivity index (χ3n) is 2.55. The van der Waals surface area contributed by atoms with Crippen molar-refractivity contribution in [2.45, 2.75) is 33.0 Å². The molecule has 1 atom stereocenters. The molecule has 0 fully saturated rings. The number of benzene rings is 1. The maximum absolute atomic E-state index is 9.38. The molecule has 0 bridgehead atoms. The summed E-state index contributed by atoms with van der Waals surface area (Å²) in [4.78, 5) is 4.15. The van der Waals surface area contributed by atoms with Gasteiger partial charge in [0.25, 0.3) is 5.89 Å². The summed E-state index contributed by atoms with van der Waals surface area (Å²) >= 11 is 0. The number of aliphatic hydroxyl groups excluding tert-OH is 1. The Morgan fingerprint density at radius 2 is 2.06 bits per heavy atom. The zero-order chi connectivity index (χ0) is 13.0. The van der Waals surface area contributed by atoms with Gasteiger partial charge in [0, 0.05) is 6.42 Å². The summed E-state index contributed by atoms with van der Waals surface area (Å²) in [6.45, 7) is 3.94. The monoisotopic (exact) mass is 248 g/mol. The zero-order valence-electron chi connectivity index (χ0n) is 10.5. The third-order valence-corrected chi connectivity index (χ3v) is 2.55. The first-order valence-corrected chi connectivity index (χ1v) is 5.91. The van der Waals surface area contributed by atoms with E-state index in [1.54, 1.807) is 19.1 Å². The Bertz CT molecular complexity index is 491.